The second-order valence-corrected chi connectivity index (χ2v) is 4.56. The Kier molecular flexibility index (Phi) is 2.67. The van der Waals surface area contributed by atoms with Crippen molar-refractivity contribution in [1.82, 2.24) is 0 Å². The fourth-order valence-corrected chi connectivity index (χ4v) is 2.19. The molecule has 1 heterocycles. The van der Waals surface area contributed by atoms with E-state index in [1.807, 2.05) is 31.2 Å². The number of fused-ring (bicyclic) bond motifs is 1. The largest absolute Gasteiger partial charge is 0.489 e. The van der Waals surface area contributed by atoms with Crippen LogP contribution in [0.25, 0.3) is 0 Å². The Bertz CT molecular complexity index is 582. The van der Waals surface area contributed by atoms with E-state index in [1.165, 1.54) is 11.6 Å². The predicted molar refractivity (Wildman–Crippen MR) is 69.4 cm³/mol. The van der Waals surface area contributed by atoms with Crippen LogP contribution in [0.5, 0.6) is 5.75 Å². The van der Waals surface area contributed by atoms with E-state index in [9.17, 15) is 4.39 Å². The second-order valence-electron chi connectivity index (χ2n) is 4.56. The molecule has 0 radical (unpaired) electrons. The lowest BCUT2D eigenvalue weighted by atomic mass is 10.0. The minimum absolute atomic E-state index is 0.00463. The van der Waals surface area contributed by atoms with Crippen LogP contribution >= 0.6 is 0 Å². The van der Waals surface area contributed by atoms with Crippen molar-refractivity contribution in [2.24, 2.45) is 0 Å². The van der Waals surface area contributed by atoms with Crippen molar-refractivity contribution in [2.75, 3.05) is 11.9 Å². The lowest BCUT2D eigenvalue weighted by molar-refractivity contribution is 0.286. The Morgan fingerprint density at radius 2 is 2.11 bits per heavy atom. The molecule has 0 spiro atoms. The molecule has 0 amide bonds. The van der Waals surface area contributed by atoms with Crippen LogP contribution in [0.4, 0.5) is 10.1 Å². The molecule has 1 unspecified atom stereocenters. The number of anilines is 1. The molecule has 0 aliphatic carbocycles. The number of nitrogens with one attached hydrogen (secondary N) is 1. The van der Waals surface area contributed by atoms with E-state index >= 15 is 0 Å². The first-order chi connectivity index (χ1) is 8.72. The highest BCUT2D eigenvalue weighted by Gasteiger charge is 2.20. The summed E-state index contributed by atoms with van der Waals surface area (Å²) in [6.07, 6.45) is 0. The molecule has 0 aromatic heterocycles. The van der Waals surface area contributed by atoms with Gasteiger partial charge in [-0.1, -0.05) is 18.2 Å². The molecular formula is C15H14FNO. The van der Waals surface area contributed by atoms with Gasteiger partial charge in [-0.2, -0.15) is 0 Å². The van der Waals surface area contributed by atoms with Crippen LogP contribution in [-0.4, -0.2) is 6.61 Å². The smallest absolute Gasteiger partial charge is 0.142 e. The molecule has 0 saturated heterocycles. The Balaban J connectivity index is 1.90. The Morgan fingerprint density at radius 1 is 1.22 bits per heavy atom. The number of ether oxygens (including phenoxy) is 1. The van der Waals surface area contributed by atoms with Crippen molar-refractivity contribution >= 4 is 5.69 Å². The molecule has 1 aliphatic rings. The van der Waals surface area contributed by atoms with Crippen LogP contribution in [0.1, 0.15) is 17.2 Å². The van der Waals surface area contributed by atoms with Gasteiger partial charge in [0.2, 0.25) is 0 Å². The van der Waals surface area contributed by atoms with Gasteiger partial charge in [-0.25, -0.2) is 4.39 Å². The summed E-state index contributed by atoms with van der Waals surface area (Å²) in [7, 11) is 0. The van der Waals surface area contributed by atoms with Crippen molar-refractivity contribution in [3.63, 3.8) is 0 Å². The van der Waals surface area contributed by atoms with Gasteiger partial charge in [0.05, 0.1) is 11.7 Å². The third-order valence-electron chi connectivity index (χ3n) is 3.12. The van der Waals surface area contributed by atoms with Crippen molar-refractivity contribution in [3.05, 3.63) is 59.4 Å². The summed E-state index contributed by atoms with van der Waals surface area (Å²) in [5, 5.41) is 3.39. The first kappa shape index (κ1) is 11.1. The topological polar surface area (TPSA) is 21.3 Å². The van der Waals surface area contributed by atoms with Gasteiger partial charge in [0, 0.05) is 0 Å². The summed E-state index contributed by atoms with van der Waals surface area (Å²) in [5.74, 6) is 0.637. The monoisotopic (exact) mass is 243 g/mol. The average molecular weight is 243 g/mol. The van der Waals surface area contributed by atoms with Gasteiger partial charge in [0.25, 0.3) is 0 Å². The van der Waals surface area contributed by atoms with Crippen LogP contribution in [0, 0.1) is 12.7 Å². The number of aryl methyl sites for hydroxylation is 1. The number of halogens is 1. The maximum atomic E-state index is 13.2. The minimum Gasteiger partial charge on any atom is -0.489 e. The lowest BCUT2D eigenvalue weighted by Gasteiger charge is -2.28. The van der Waals surface area contributed by atoms with Gasteiger partial charge in [-0.05, 0) is 42.3 Å². The molecule has 92 valence electrons. The predicted octanol–water partition coefficient (Wildman–Crippen LogP) is 3.68. The van der Waals surface area contributed by atoms with E-state index < -0.39 is 0 Å². The average Bonchev–Trinajstić information content (AvgIpc) is 2.38. The van der Waals surface area contributed by atoms with E-state index in [1.54, 1.807) is 12.1 Å². The molecule has 1 atom stereocenters. The second kappa shape index (κ2) is 4.33. The Hall–Kier alpha value is -2.03. The van der Waals surface area contributed by atoms with Gasteiger partial charge >= 0.3 is 0 Å². The SMILES string of the molecule is Cc1ccc2c(c1)NC(c1cccc(F)c1)CO2. The van der Waals surface area contributed by atoms with Crippen LogP contribution in [0.2, 0.25) is 0 Å². The number of rotatable bonds is 1. The van der Waals surface area contributed by atoms with E-state index in [0.29, 0.717) is 6.61 Å². The van der Waals surface area contributed by atoms with Crippen molar-refractivity contribution in [2.45, 2.75) is 13.0 Å². The van der Waals surface area contributed by atoms with Crippen molar-refractivity contribution in [3.8, 4) is 5.75 Å². The van der Waals surface area contributed by atoms with Crippen molar-refractivity contribution < 1.29 is 9.13 Å². The molecular weight excluding hydrogens is 229 g/mol. The van der Waals surface area contributed by atoms with E-state index in [4.69, 9.17) is 4.74 Å². The number of hydrogen-bond acceptors (Lipinski definition) is 2. The van der Waals surface area contributed by atoms with Crippen LogP contribution < -0.4 is 10.1 Å². The van der Waals surface area contributed by atoms with E-state index in [0.717, 1.165) is 17.0 Å². The van der Waals surface area contributed by atoms with Crippen LogP contribution in [-0.2, 0) is 0 Å². The maximum Gasteiger partial charge on any atom is 0.142 e. The van der Waals surface area contributed by atoms with Gasteiger partial charge in [-0.15, -0.1) is 0 Å². The standard InChI is InChI=1S/C15H14FNO/c1-10-5-6-15-13(7-10)17-14(9-18-15)11-3-2-4-12(16)8-11/h2-8,14,17H,9H2,1H3. The summed E-state index contributed by atoms with van der Waals surface area (Å²) in [6.45, 7) is 2.55. The summed E-state index contributed by atoms with van der Waals surface area (Å²) in [5.41, 5.74) is 3.04. The van der Waals surface area contributed by atoms with E-state index in [2.05, 4.69) is 5.32 Å². The molecule has 0 saturated carbocycles. The first-order valence-electron chi connectivity index (χ1n) is 5.98. The van der Waals surface area contributed by atoms with Gasteiger partial charge in [-0.3, -0.25) is 0 Å². The molecule has 0 fully saturated rings. The zero-order chi connectivity index (χ0) is 12.5. The molecule has 2 nitrogen and oxygen atoms in total. The maximum absolute atomic E-state index is 13.2. The molecule has 2 aromatic rings. The lowest BCUT2D eigenvalue weighted by Crippen LogP contribution is -2.24. The highest BCUT2D eigenvalue weighted by atomic mass is 19.1. The number of benzene rings is 2. The molecule has 1 N–H and O–H groups in total. The highest BCUT2D eigenvalue weighted by molar-refractivity contribution is 5.60. The van der Waals surface area contributed by atoms with Crippen LogP contribution in [0.15, 0.2) is 42.5 Å². The molecule has 3 rings (SSSR count). The quantitative estimate of drug-likeness (QED) is 0.825. The minimum atomic E-state index is -0.218. The molecule has 0 bridgehead atoms. The fraction of sp³-hybridized carbons (Fsp3) is 0.200. The molecule has 2 aromatic carbocycles. The Morgan fingerprint density at radius 3 is 2.94 bits per heavy atom. The zero-order valence-corrected chi connectivity index (χ0v) is 10.1. The van der Waals surface area contributed by atoms with Gasteiger partial charge in [0.15, 0.2) is 0 Å². The third kappa shape index (κ3) is 2.04. The summed E-state index contributed by atoms with van der Waals surface area (Å²) in [6, 6.07) is 12.6. The third-order valence-corrected chi connectivity index (χ3v) is 3.12. The normalized spacial score (nSPS) is 17.6. The molecule has 18 heavy (non-hydrogen) atoms. The fourth-order valence-electron chi connectivity index (χ4n) is 2.19. The summed E-state index contributed by atoms with van der Waals surface area (Å²) < 4.78 is 18.9. The first-order valence-corrected chi connectivity index (χ1v) is 5.98. The Labute approximate surface area is 105 Å². The zero-order valence-electron chi connectivity index (χ0n) is 10.1. The molecule has 3 heteroatoms. The van der Waals surface area contributed by atoms with Gasteiger partial charge < -0.3 is 10.1 Å². The number of hydrogen-bond donors (Lipinski definition) is 1. The van der Waals surface area contributed by atoms with Crippen LogP contribution in [0.3, 0.4) is 0 Å². The van der Waals surface area contributed by atoms with E-state index in [-0.39, 0.29) is 11.9 Å². The highest BCUT2D eigenvalue weighted by Crippen LogP contribution is 2.34. The summed E-state index contributed by atoms with van der Waals surface area (Å²) >= 11 is 0. The summed E-state index contributed by atoms with van der Waals surface area (Å²) in [4.78, 5) is 0. The van der Waals surface area contributed by atoms with Gasteiger partial charge in [0.1, 0.15) is 18.2 Å². The van der Waals surface area contributed by atoms with Crippen molar-refractivity contribution in [1.29, 1.82) is 0 Å². The molecule has 1 aliphatic heterocycles.